The van der Waals surface area contributed by atoms with Gasteiger partial charge in [0.25, 0.3) is 0 Å². The molecule has 0 amide bonds. The van der Waals surface area contributed by atoms with Crippen molar-refractivity contribution >= 4 is 6.21 Å². The molecule has 106 valence electrons. The third-order valence-corrected chi connectivity index (χ3v) is 5.39. The molecule has 1 saturated heterocycles. The quantitative estimate of drug-likeness (QED) is 0.850. The Morgan fingerprint density at radius 1 is 1.26 bits per heavy atom. The van der Waals surface area contributed by atoms with Crippen LogP contribution in [0.2, 0.25) is 0 Å². The number of hydrogen-bond acceptors (Lipinski definition) is 3. The van der Waals surface area contributed by atoms with Crippen molar-refractivity contribution in [3.63, 3.8) is 0 Å². The highest BCUT2D eigenvalue weighted by atomic mass is 16.5. The predicted molar refractivity (Wildman–Crippen MR) is 78.5 cm³/mol. The zero-order valence-electron chi connectivity index (χ0n) is 11.8. The van der Waals surface area contributed by atoms with E-state index in [2.05, 4.69) is 12.2 Å². The first-order valence-electron chi connectivity index (χ1n) is 7.81. The molecule has 3 heteroatoms. The molecule has 0 aromatic carbocycles. The van der Waals surface area contributed by atoms with Gasteiger partial charge in [-0.15, -0.1) is 0 Å². The topological polar surface area (TPSA) is 47.6 Å². The Labute approximate surface area is 116 Å². The molecular weight excluding hydrogens is 236 g/mol. The van der Waals surface area contributed by atoms with Gasteiger partial charge in [-0.25, -0.2) is 0 Å². The average Bonchev–Trinajstić information content (AvgIpc) is 2.88. The number of nitrogens with two attached hydrogens (primary N) is 1. The fraction of sp³-hybridized carbons (Fsp3) is 0.812. The van der Waals surface area contributed by atoms with Crippen molar-refractivity contribution in [2.75, 3.05) is 13.2 Å². The van der Waals surface area contributed by atoms with E-state index in [0.29, 0.717) is 6.04 Å². The fourth-order valence-corrected chi connectivity index (χ4v) is 4.44. The number of rotatable bonds is 3. The highest BCUT2D eigenvalue weighted by Crippen LogP contribution is 2.51. The molecule has 19 heavy (non-hydrogen) atoms. The molecule has 0 aromatic rings. The Morgan fingerprint density at radius 2 is 2.11 bits per heavy atom. The molecule has 2 N–H and O–H groups in total. The minimum atomic E-state index is 0.157. The second kappa shape index (κ2) is 5.37. The maximum Gasteiger partial charge on any atom is 0.0688 e. The predicted octanol–water partition coefficient (Wildman–Crippen LogP) is 2.84. The zero-order valence-corrected chi connectivity index (χ0v) is 11.8. The molecule has 0 bridgehead atoms. The van der Waals surface area contributed by atoms with Crippen LogP contribution in [0.5, 0.6) is 0 Å². The van der Waals surface area contributed by atoms with Gasteiger partial charge in [0.15, 0.2) is 0 Å². The monoisotopic (exact) mass is 262 g/mol. The molecule has 2 heterocycles. The highest BCUT2D eigenvalue weighted by molar-refractivity contribution is 5.72. The van der Waals surface area contributed by atoms with E-state index in [1.165, 1.54) is 32.1 Å². The minimum absolute atomic E-state index is 0.157. The number of ether oxygens (including phenoxy) is 1. The molecule has 1 aliphatic carbocycles. The molecule has 1 saturated carbocycles. The van der Waals surface area contributed by atoms with Gasteiger partial charge in [-0.05, 0) is 56.6 Å². The molecule has 2 atom stereocenters. The number of aliphatic imine (C=N–C) groups is 1. The van der Waals surface area contributed by atoms with Crippen molar-refractivity contribution in [1.82, 2.24) is 0 Å². The molecule has 0 radical (unpaired) electrons. The van der Waals surface area contributed by atoms with E-state index >= 15 is 0 Å². The molecular formula is C16H26N2O. The van der Waals surface area contributed by atoms with Crippen molar-refractivity contribution in [2.24, 2.45) is 16.1 Å². The Morgan fingerprint density at radius 3 is 2.79 bits per heavy atom. The lowest BCUT2D eigenvalue weighted by atomic mass is 9.65. The van der Waals surface area contributed by atoms with Crippen LogP contribution in [0, 0.1) is 5.41 Å². The van der Waals surface area contributed by atoms with Crippen LogP contribution in [0.4, 0.5) is 0 Å². The van der Waals surface area contributed by atoms with Crippen LogP contribution in [0.15, 0.2) is 17.1 Å². The normalized spacial score (nSPS) is 37.0. The molecule has 3 aliphatic rings. The fourth-order valence-electron chi connectivity index (χ4n) is 4.44. The van der Waals surface area contributed by atoms with Gasteiger partial charge in [-0.3, -0.25) is 4.99 Å². The second-order valence-electron chi connectivity index (χ2n) is 6.54. The minimum Gasteiger partial charge on any atom is -0.375 e. The first-order valence-corrected chi connectivity index (χ1v) is 7.81. The van der Waals surface area contributed by atoms with Crippen molar-refractivity contribution < 1.29 is 4.74 Å². The summed E-state index contributed by atoms with van der Waals surface area (Å²) in [5.74, 6) is 0. The summed E-state index contributed by atoms with van der Waals surface area (Å²) >= 11 is 0. The average molecular weight is 262 g/mol. The zero-order chi connectivity index (χ0) is 13.2. The van der Waals surface area contributed by atoms with Crippen LogP contribution >= 0.6 is 0 Å². The van der Waals surface area contributed by atoms with E-state index < -0.39 is 0 Å². The summed E-state index contributed by atoms with van der Waals surface area (Å²) in [4.78, 5) is 4.78. The van der Waals surface area contributed by atoms with E-state index in [4.69, 9.17) is 15.5 Å². The van der Waals surface area contributed by atoms with Gasteiger partial charge < -0.3 is 10.5 Å². The third kappa shape index (κ3) is 2.50. The highest BCUT2D eigenvalue weighted by Gasteiger charge is 2.50. The smallest absolute Gasteiger partial charge is 0.0688 e. The molecule has 3 rings (SSSR count). The maximum atomic E-state index is 6.21. The molecule has 1 unspecified atom stereocenters. The summed E-state index contributed by atoms with van der Waals surface area (Å²) < 4.78 is 6.21. The summed E-state index contributed by atoms with van der Waals surface area (Å²) in [5.41, 5.74) is 6.36. The number of dihydropyridines is 1. The van der Waals surface area contributed by atoms with E-state index in [-0.39, 0.29) is 11.0 Å². The lowest BCUT2D eigenvalue weighted by Crippen LogP contribution is -2.49. The van der Waals surface area contributed by atoms with Crippen LogP contribution in [0.1, 0.15) is 51.4 Å². The summed E-state index contributed by atoms with van der Waals surface area (Å²) in [6, 6.07) is 0.419. The van der Waals surface area contributed by atoms with Gasteiger partial charge >= 0.3 is 0 Å². The standard InChI is InChI=1S/C16H26N2O/c17-10-8-15(14-5-1-4-11-18-14)9-12-19-16(13-15)6-2-3-7-16/h1,4,11,14H,2-3,5-10,12-13,17H2/t14?,15-/m1/s1. The van der Waals surface area contributed by atoms with E-state index in [1.807, 2.05) is 6.21 Å². The first-order chi connectivity index (χ1) is 9.29. The molecule has 0 aromatic heterocycles. The summed E-state index contributed by atoms with van der Waals surface area (Å²) in [7, 11) is 0. The van der Waals surface area contributed by atoms with Gasteiger partial charge in [0.05, 0.1) is 11.6 Å². The molecule has 3 nitrogen and oxygen atoms in total. The lowest BCUT2D eigenvalue weighted by molar-refractivity contribution is -0.130. The van der Waals surface area contributed by atoms with Gasteiger partial charge in [-0.1, -0.05) is 18.9 Å². The van der Waals surface area contributed by atoms with Gasteiger partial charge in [0, 0.05) is 12.8 Å². The molecule has 2 fully saturated rings. The maximum absolute atomic E-state index is 6.21. The Bertz CT molecular complexity index is 367. The van der Waals surface area contributed by atoms with Crippen LogP contribution in [-0.4, -0.2) is 31.0 Å². The van der Waals surface area contributed by atoms with Crippen molar-refractivity contribution in [3.8, 4) is 0 Å². The summed E-state index contributed by atoms with van der Waals surface area (Å²) in [5, 5.41) is 0. The lowest BCUT2D eigenvalue weighted by Gasteiger charge is -2.49. The molecule has 1 spiro atoms. The number of allylic oxidation sites excluding steroid dienone is 1. The van der Waals surface area contributed by atoms with E-state index in [0.717, 1.165) is 32.4 Å². The van der Waals surface area contributed by atoms with E-state index in [1.54, 1.807) is 0 Å². The van der Waals surface area contributed by atoms with Gasteiger partial charge in [0.2, 0.25) is 0 Å². The number of hydrogen-bond donors (Lipinski definition) is 1. The summed E-state index contributed by atoms with van der Waals surface area (Å²) in [6.45, 7) is 1.67. The van der Waals surface area contributed by atoms with Crippen molar-refractivity contribution in [3.05, 3.63) is 12.2 Å². The van der Waals surface area contributed by atoms with Crippen molar-refractivity contribution in [2.45, 2.75) is 63.0 Å². The van der Waals surface area contributed by atoms with Gasteiger partial charge in [0.1, 0.15) is 0 Å². The van der Waals surface area contributed by atoms with Crippen molar-refractivity contribution in [1.29, 1.82) is 0 Å². The SMILES string of the molecule is NCC[C@@]1(C2CC=CC=N2)CCOC2(CCCC2)C1. The largest absolute Gasteiger partial charge is 0.375 e. The van der Waals surface area contributed by atoms with Crippen LogP contribution < -0.4 is 5.73 Å². The Kier molecular flexibility index (Phi) is 3.77. The third-order valence-electron chi connectivity index (χ3n) is 5.39. The van der Waals surface area contributed by atoms with Crippen LogP contribution in [0.25, 0.3) is 0 Å². The van der Waals surface area contributed by atoms with Gasteiger partial charge in [-0.2, -0.15) is 0 Å². The van der Waals surface area contributed by atoms with Crippen LogP contribution in [0.3, 0.4) is 0 Å². The second-order valence-corrected chi connectivity index (χ2v) is 6.54. The Balaban J connectivity index is 1.82. The summed E-state index contributed by atoms with van der Waals surface area (Å²) in [6.07, 6.45) is 15.9. The number of nitrogens with zero attached hydrogens (tertiary/aromatic N) is 1. The van der Waals surface area contributed by atoms with E-state index in [9.17, 15) is 0 Å². The first kappa shape index (κ1) is 13.3. The molecule has 2 aliphatic heterocycles. The Hall–Kier alpha value is -0.670. The van der Waals surface area contributed by atoms with Crippen LogP contribution in [-0.2, 0) is 4.74 Å².